The van der Waals surface area contributed by atoms with E-state index in [0.29, 0.717) is 5.92 Å². The number of hydrogen-bond donors (Lipinski definition) is 0. The van der Waals surface area contributed by atoms with Gasteiger partial charge in [-0.1, -0.05) is 269 Å². The first-order valence-corrected chi connectivity index (χ1v) is 27.5. The Morgan fingerprint density at radius 2 is 1.13 bits per heavy atom. The molecule has 1 heteroatoms. The van der Waals surface area contributed by atoms with Gasteiger partial charge < -0.3 is 4.42 Å². The van der Waals surface area contributed by atoms with Crippen LogP contribution in [0.4, 0.5) is 0 Å². The number of rotatable bonds is 14. The Morgan fingerprint density at radius 3 is 1.82 bits per heavy atom. The second-order valence-electron chi connectivity index (χ2n) is 21.2. The van der Waals surface area contributed by atoms with E-state index in [-0.39, 0.29) is 17.8 Å². The van der Waals surface area contributed by atoms with Gasteiger partial charge in [0.25, 0.3) is 0 Å². The average molecular weight is 979 g/mol. The summed E-state index contributed by atoms with van der Waals surface area (Å²) in [5.41, 5.74) is 20.0. The van der Waals surface area contributed by atoms with Gasteiger partial charge in [0.1, 0.15) is 11.2 Å². The van der Waals surface area contributed by atoms with Gasteiger partial charge in [0.15, 0.2) is 0 Å². The molecule has 0 saturated heterocycles. The molecule has 13 rings (SSSR count). The fourth-order valence-corrected chi connectivity index (χ4v) is 13.4. The van der Waals surface area contributed by atoms with Crippen molar-refractivity contribution in [2.24, 2.45) is 5.92 Å². The van der Waals surface area contributed by atoms with Crippen molar-refractivity contribution in [1.82, 2.24) is 0 Å². The molecule has 0 amide bonds. The predicted molar refractivity (Wildman–Crippen MR) is 319 cm³/mol. The summed E-state index contributed by atoms with van der Waals surface area (Å²) in [6.07, 6.45) is 15.0. The van der Waals surface area contributed by atoms with Gasteiger partial charge >= 0.3 is 0 Å². The molecule has 1 nitrogen and oxygen atoms in total. The summed E-state index contributed by atoms with van der Waals surface area (Å²) in [6.45, 7) is 4.76. The normalized spacial score (nSPS) is 15.4. The van der Waals surface area contributed by atoms with Crippen LogP contribution >= 0.6 is 0 Å². The van der Waals surface area contributed by atoms with Crippen LogP contribution in [0.3, 0.4) is 0 Å². The molecule has 0 fully saturated rings. The zero-order chi connectivity index (χ0) is 51.0. The molecule has 0 aliphatic heterocycles. The van der Waals surface area contributed by atoms with E-state index in [2.05, 4.69) is 281 Å². The van der Waals surface area contributed by atoms with Crippen LogP contribution in [0, 0.1) is 5.92 Å². The van der Waals surface area contributed by atoms with Crippen LogP contribution in [-0.2, 0) is 18.3 Å². The van der Waals surface area contributed by atoms with E-state index < -0.39 is 5.41 Å². The van der Waals surface area contributed by atoms with Crippen molar-refractivity contribution in [2.75, 3.05) is 0 Å². The van der Waals surface area contributed by atoms with Crippen molar-refractivity contribution >= 4 is 38.3 Å². The summed E-state index contributed by atoms with van der Waals surface area (Å²) in [5.74, 6) is 0.909. The Labute approximate surface area is 448 Å². The van der Waals surface area contributed by atoms with E-state index in [9.17, 15) is 0 Å². The molecule has 0 N–H and O–H groups in total. The molecule has 3 atom stereocenters. The Kier molecular flexibility index (Phi) is 12.6. The SMILES string of the molecule is CCC1C=CC=CC=C1c1ccc(CC(c2cccc3oc4ccccc4c23)C(C)c2ccc3c(c2)C(c2ccccc2)(c2ccccc2)c2cc(CCC(c4ccccc4)c4ccccc4)c4ccccc4c2-3)cc1. The Bertz CT molecular complexity index is 3870. The van der Waals surface area contributed by atoms with E-state index in [1.54, 1.807) is 0 Å². The van der Waals surface area contributed by atoms with E-state index in [0.717, 1.165) is 36.8 Å². The third-order valence-electron chi connectivity index (χ3n) is 17.2. The van der Waals surface area contributed by atoms with Gasteiger partial charge in [-0.05, 0) is 138 Å². The van der Waals surface area contributed by atoms with Gasteiger partial charge in [0, 0.05) is 22.6 Å². The third-order valence-corrected chi connectivity index (χ3v) is 17.2. The second-order valence-corrected chi connectivity index (χ2v) is 21.2. The highest BCUT2D eigenvalue weighted by atomic mass is 16.3. The van der Waals surface area contributed by atoms with Crippen LogP contribution in [0.2, 0.25) is 0 Å². The first-order chi connectivity index (χ1) is 37.6. The van der Waals surface area contributed by atoms with Gasteiger partial charge in [-0.2, -0.15) is 0 Å². The number of hydrogen-bond acceptors (Lipinski definition) is 1. The summed E-state index contributed by atoms with van der Waals surface area (Å²) >= 11 is 0. The second kappa shape index (κ2) is 20.3. The standard InChI is InChI=1S/C75H62O/c1-3-53-24-9-6-18-33-61(53)56-42-40-52(41-43-56)48-68(65-37-23-39-72-74(65)67-36-21-22-38-71(67)76-72)51(2)57-44-47-66-69(49-57)75(59-29-14-7-15-30-59,60-31-16-8-17-32-60)70-50-58(63-34-19-20-35-64(63)73(66)70)45-46-62(54-25-10-4-11-26-54)55-27-12-5-13-28-55/h4-44,47,49-51,53,62,68H,3,45-46,48H2,1-2H3. The minimum Gasteiger partial charge on any atom is -0.456 e. The quantitative estimate of drug-likeness (QED) is 0.106. The Morgan fingerprint density at radius 1 is 0.513 bits per heavy atom. The lowest BCUT2D eigenvalue weighted by atomic mass is 9.66. The topological polar surface area (TPSA) is 13.1 Å². The van der Waals surface area contributed by atoms with Crippen LogP contribution in [0.25, 0.3) is 49.4 Å². The summed E-state index contributed by atoms with van der Waals surface area (Å²) in [4.78, 5) is 0. The van der Waals surface area contributed by atoms with Crippen molar-refractivity contribution in [2.45, 2.75) is 62.7 Å². The number of benzene rings is 10. The van der Waals surface area contributed by atoms with Gasteiger partial charge in [-0.15, -0.1) is 0 Å². The van der Waals surface area contributed by atoms with Crippen LogP contribution in [0.5, 0.6) is 0 Å². The van der Waals surface area contributed by atoms with Crippen LogP contribution in [0.1, 0.15) is 106 Å². The molecule has 2 aliphatic rings. The zero-order valence-corrected chi connectivity index (χ0v) is 43.4. The summed E-state index contributed by atoms with van der Waals surface area (Å²) < 4.78 is 6.62. The van der Waals surface area contributed by atoms with Crippen molar-refractivity contribution in [1.29, 1.82) is 0 Å². The molecular formula is C75H62O. The molecule has 0 spiro atoms. The van der Waals surface area contributed by atoms with Gasteiger partial charge in [0.2, 0.25) is 0 Å². The molecule has 11 aromatic rings. The summed E-state index contributed by atoms with van der Waals surface area (Å²) in [6, 6.07) is 89.1. The molecule has 0 saturated carbocycles. The molecule has 10 aromatic carbocycles. The van der Waals surface area contributed by atoms with Crippen molar-refractivity contribution in [3.05, 3.63) is 328 Å². The average Bonchev–Trinajstić information content (AvgIpc) is 4.07. The molecule has 76 heavy (non-hydrogen) atoms. The maximum Gasteiger partial charge on any atom is 0.135 e. The molecule has 0 radical (unpaired) electrons. The van der Waals surface area contributed by atoms with Gasteiger partial charge in [-0.25, -0.2) is 0 Å². The Hall–Kier alpha value is -8.52. The zero-order valence-electron chi connectivity index (χ0n) is 43.4. The number of fused-ring (bicyclic) bond motifs is 8. The number of allylic oxidation sites excluding steroid dienone is 6. The lowest BCUT2D eigenvalue weighted by Gasteiger charge is -2.35. The fraction of sp³-hybridized carbons (Fsp3) is 0.147. The molecule has 0 bridgehead atoms. The minimum absolute atomic E-state index is 0.126. The van der Waals surface area contributed by atoms with E-state index >= 15 is 0 Å². The molecule has 368 valence electrons. The molecule has 2 aliphatic carbocycles. The highest BCUT2D eigenvalue weighted by molar-refractivity contribution is 6.07. The monoisotopic (exact) mass is 978 g/mol. The van der Waals surface area contributed by atoms with Crippen LogP contribution < -0.4 is 0 Å². The number of aryl methyl sites for hydroxylation is 1. The summed E-state index contributed by atoms with van der Waals surface area (Å²) in [5, 5.41) is 5.04. The largest absolute Gasteiger partial charge is 0.456 e. The number of para-hydroxylation sites is 1. The molecule has 1 heterocycles. The highest BCUT2D eigenvalue weighted by Crippen LogP contribution is 2.59. The van der Waals surface area contributed by atoms with Gasteiger partial charge in [0.05, 0.1) is 5.41 Å². The van der Waals surface area contributed by atoms with Gasteiger partial charge in [-0.3, -0.25) is 0 Å². The third kappa shape index (κ3) is 8.27. The van der Waals surface area contributed by atoms with Crippen LogP contribution in [-0.4, -0.2) is 0 Å². The first-order valence-electron chi connectivity index (χ1n) is 27.5. The molecular weight excluding hydrogens is 917 g/mol. The van der Waals surface area contributed by atoms with E-state index in [4.69, 9.17) is 4.42 Å². The van der Waals surface area contributed by atoms with E-state index in [1.165, 1.54) is 99.4 Å². The summed E-state index contributed by atoms with van der Waals surface area (Å²) in [7, 11) is 0. The lowest BCUT2D eigenvalue weighted by Crippen LogP contribution is -2.29. The minimum atomic E-state index is -0.584. The molecule has 1 aromatic heterocycles. The van der Waals surface area contributed by atoms with Crippen LogP contribution in [0.15, 0.2) is 271 Å². The Balaban J connectivity index is 0.981. The predicted octanol–water partition coefficient (Wildman–Crippen LogP) is 19.5. The first kappa shape index (κ1) is 47.2. The smallest absolute Gasteiger partial charge is 0.135 e. The maximum atomic E-state index is 6.62. The lowest BCUT2D eigenvalue weighted by molar-refractivity contribution is 0.574. The van der Waals surface area contributed by atoms with Crippen molar-refractivity contribution in [3.8, 4) is 11.1 Å². The molecule has 3 unspecified atom stereocenters. The maximum absolute atomic E-state index is 6.62. The van der Waals surface area contributed by atoms with Crippen molar-refractivity contribution < 1.29 is 4.42 Å². The fourth-order valence-electron chi connectivity index (χ4n) is 13.4. The number of furan rings is 1. The highest BCUT2D eigenvalue weighted by Gasteiger charge is 2.47. The van der Waals surface area contributed by atoms with Crippen molar-refractivity contribution in [3.63, 3.8) is 0 Å². The van der Waals surface area contributed by atoms with E-state index in [1.807, 2.05) is 0 Å².